The number of anilines is 2. The molecule has 0 amide bonds. The van der Waals surface area contributed by atoms with Gasteiger partial charge in [0.15, 0.2) is 17.8 Å². The number of benzene rings is 2. The van der Waals surface area contributed by atoms with Crippen LogP contribution < -0.4 is 20.2 Å². The molecule has 1 aliphatic carbocycles. The van der Waals surface area contributed by atoms with Crippen LogP contribution in [-0.4, -0.2) is 19.3 Å². The molecule has 2 N–H and O–H groups in total. The molecule has 1 aliphatic heterocycles. The van der Waals surface area contributed by atoms with Gasteiger partial charge in [-0.2, -0.15) is 5.10 Å². The highest BCUT2D eigenvalue weighted by atomic mass is 16.7. The van der Waals surface area contributed by atoms with E-state index in [1.165, 1.54) is 11.8 Å². The zero-order valence-electron chi connectivity index (χ0n) is 15.3. The lowest BCUT2D eigenvalue weighted by atomic mass is 9.74. The average molecular weight is 363 g/mol. The lowest BCUT2D eigenvalue weighted by Crippen LogP contribution is -2.26. The van der Waals surface area contributed by atoms with Crippen molar-refractivity contribution in [1.29, 1.82) is 0 Å². The third kappa shape index (κ3) is 3.03. The second kappa shape index (κ2) is 6.46. The summed E-state index contributed by atoms with van der Waals surface area (Å²) in [7, 11) is 0. The van der Waals surface area contributed by atoms with Crippen molar-refractivity contribution < 1.29 is 14.3 Å². The van der Waals surface area contributed by atoms with E-state index in [9.17, 15) is 4.79 Å². The minimum atomic E-state index is -0.0124. The number of fused-ring (bicyclic) bond motifs is 2. The molecule has 0 unspecified atom stereocenters. The molecule has 6 nitrogen and oxygen atoms in total. The van der Waals surface area contributed by atoms with Crippen molar-refractivity contribution in [1.82, 2.24) is 0 Å². The molecule has 6 heteroatoms. The SMILES string of the molecule is CC1(C)CC=C(N(/N=C/C=O)c2ccc3c(c2)OCO3)c2cc(N)ccc21. The lowest BCUT2D eigenvalue weighted by Gasteiger charge is -2.35. The van der Waals surface area contributed by atoms with Crippen LogP contribution in [0.2, 0.25) is 0 Å². The van der Waals surface area contributed by atoms with E-state index in [4.69, 9.17) is 15.2 Å². The molecule has 0 atom stereocenters. The number of aldehydes is 1. The van der Waals surface area contributed by atoms with Gasteiger partial charge in [-0.1, -0.05) is 26.0 Å². The molecule has 0 saturated heterocycles. The number of nitrogens with zero attached hydrogens (tertiary/aromatic N) is 2. The molecule has 1 heterocycles. The molecule has 2 aromatic carbocycles. The first kappa shape index (κ1) is 17.1. The molecule has 2 aliphatic rings. The summed E-state index contributed by atoms with van der Waals surface area (Å²) in [6, 6.07) is 11.5. The summed E-state index contributed by atoms with van der Waals surface area (Å²) in [5, 5.41) is 6.11. The summed E-state index contributed by atoms with van der Waals surface area (Å²) in [5.74, 6) is 1.35. The Bertz CT molecular complexity index is 963. The zero-order valence-corrected chi connectivity index (χ0v) is 15.3. The molecule has 27 heavy (non-hydrogen) atoms. The number of rotatable bonds is 4. The van der Waals surface area contributed by atoms with E-state index in [1.807, 2.05) is 30.3 Å². The molecule has 138 valence electrons. The van der Waals surface area contributed by atoms with Gasteiger partial charge in [-0.3, -0.25) is 4.79 Å². The van der Waals surface area contributed by atoms with E-state index in [0.717, 1.165) is 23.4 Å². The first-order chi connectivity index (χ1) is 13.0. The van der Waals surface area contributed by atoms with Gasteiger partial charge in [0.05, 0.1) is 17.6 Å². The average Bonchev–Trinajstić information content (AvgIpc) is 3.11. The normalized spacial score (nSPS) is 16.7. The lowest BCUT2D eigenvalue weighted by molar-refractivity contribution is -0.102. The van der Waals surface area contributed by atoms with Gasteiger partial charge in [0, 0.05) is 17.3 Å². The van der Waals surface area contributed by atoms with Crippen molar-refractivity contribution >= 4 is 29.6 Å². The number of ether oxygens (including phenoxy) is 2. The minimum absolute atomic E-state index is 0.0124. The largest absolute Gasteiger partial charge is 0.454 e. The molecule has 0 radical (unpaired) electrons. The molecule has 0 fully saturated rings. The topological polar surface area (TPSA) is 77.2 Å². The first-order valence-electron chi connectivity index (χ1n) is 8.78. The number of nitrogens with two attached hydrogens (primary N) is 1. The molecule has 4 rings (SSSR count). The standard InChI is InChI=1S/C21H21N3O3/c1-21(2)8-7-18(16-11-14(22)3-5-17(16)21)24(23-9-10-25)15-4-6-19-20(12-15)27-13-26-19/h3-7,9-12H,8,13,22H2,1-2H3/b23-9+. The molecule has 0 spiro atoms. The Morgan fingerprint density at radius 1 is 1.15 bits per heavy atom. The van der Waals surface area contributed by atoms with Crippen molar-refractivity contribution in [3.63, 3.8) is 0 Å². The second-order valence-electron chi connectivity index (χ2n) is 7.23. The highest BCUT2D eigenvalue weighted by molar-refractivity contribution is 6.13. The van der Waals surface area contributed by atoms with Crippen LogP contribution in [-0.2, 0) is 10.2 Å². The Kier molecular flexibility index (Phi) is 4.11. The van der Waals surface area contributed by atoms with E-state index in [2.05, 4.69) is 31.1 Å². The fourth-order valence-electron chi connectivity index (χ4n) is 3.52. The number of allylic oxidation sites excluding steroid dienone is 1. The molecule has 0 aromatic heterocycles. The molecule has 0 bridgehead atoms. The van der Waals surface area contributed by atoms with E-state index in [1.54, 1.807) is 5.01 Å². The van der Waals surface area contributed by atoms with Crippen molar-refractivity contribution in [2.24, 2.45) is 5.10 Å². The quantitative estimate of drug-likeness (QED) is 0.388. The maximum Gasteiger partial charge on any atom is 0.231 e. The van der Waals surface area contributed by atoms with Crippen LogP contribution in [0, 0.1) is 0 Å². The summed E-state index contributed by atoms with van der Waals surface area (Å²) in [6.45, 7) is 4.61. The van der Waals surface area contributed by atoms with Gasteiger partial charge < -0.3 is 15.2 Å². The van der Waals surface area contributed by atoms with Crippen LogP contribution in [0.5, 0.6) is 11.5 Å². The Hall–Kier alpha value is -3.28. The highest BCUT2D eigenvalue weighted by Gasteiger charge is 2.31. The predicted molar refractivity (Wildman–Crippen MR) is 106 cm³/mol. The van der Waals surface area contributed by atoms with Gasteiger partial charge in [0.2, 0.25) is 6.79 Å². The number of nitrogen functional groups attached to an aromatic ring is 1. The van der Waals surface area contributed by atoms with Crippen LogP contribution >= 0.6 is 0 Å². The number of carbonyl (C=O) groups excluding carboxylic acids is 1. The molecular weight excluding hydrogens is 342 g/mol. The molecular formula is C21H21N3O3. The number of hydrogen-bond acceptors (Lipinski definition) is 6. The monoisotopic (exact) mass is 363 g/mol. The van der Waals surface area contributed by atoms with Gasteiger partial charge in [-0.15, -0.1) is 0 Å². The zero-order chi connectivity index (χ0) is 19.0. The Morgan fingerprint density at radius 2 is 1.96 bits per heavy atom. The Labute approximate surface area is 157 Å². The van der Waals surface area contributed by atoms with Crippen LogP contribution in [0.1, 0.15) is 31.4 Å². The number of carbonyl (C=O) groups is 1. The van der Waals surface area contributed by atoms with E-state index < -0.39 is 0 Å². The number of hydrazone groups is 1. The van der Waals surface area contributed by atoms with E-state index in [-0.39, 0.29) is 12.2 Å². The van der Waals surface area contributed by atoms with Crippen LogP contribution in [0.25, 0.3) is 5.70 Å². The fraction of sp³-hybridized carbons (Fsp3) is 0.238. The highest BCUT2D eigenvalue weighted by Crippen LogP contribution is 2.43. The molecule has 0 saturated carbocycles. The summed E-state index contributed by atoms with van der Waals surface area (Å²) in [4.78, 5) is 11.0. The van der Waals surface area contributed by atoms with Crippen molar-refractivity contribution in [3.05, 3.63) is 53.6 Å². The number of hydrogen-bond donors (Lipinski definition) is 1. The van der Waals surface area contributed by atoms with Gasteiger partial charge in [-0.05, 0) is 41.7 Å². The van der Waals surface area contributed by atoms with Crippen molar-refractivity contribution in [2.75, 3.05) is 17.5 Å². The van der Waals surface area contributed by atoms with Crippen LogP contribution in [0.3, 0.4) is 0 Å². The third-order valence-corrected chi connectivity index (χ3v) is 4.93. The van der Waals surface area contributed by atoms with Crippen LogP contribution in [0.15, 0.2) is 47.6 Å². The maximum absolute atomic E-state index is 11.0. The van der Waals surface area contributed by atoms with Gasteiger partial charge in [0.25, 0.3) is 0 Å². The fourth-order valence-corrected chi connectivity index (χ4v) is 3.52. The second-order valence-corrected chi connectivity index (χ2v) is 7.23. The third-order valence-electron chi connectivity index (χ3n) is 4.93. The minimum Gasteiger partial charge on any atom is -0.454 e. The van der Waals surface area contributed by atoms with E-state index in [0.29, 0.717) is 23.5 Å². The summed E-state index contributed by atoms with van der Waals surface area (Å²) in [5.41, 5.74) is 10.6. The summed E-state index contributed by atoms with van der Waals surface area (Å²) >= 11 is 0. The Balaban J connectivity index is 1.84. The van der Waals surface area contributed by atoms with Crippen LogP contribution in [0.4, 0.5) is 11.4 Å². The van der Waals surface area contributed by atoms with Gasteiger partial charge >= 0.3 is 0 Å². The first-order valence-corrected chi connectivity index (χ1v) is 8.78. The summed E-state index contributed by atoms with van der Waals surface area (Å²) < 4.78 is 10.9. The van der Waals surface area contributed by atoms with Crippen molar-refractivity contribution in [3.8, 4) is 11.5 Å². The predicted octanol–water partition coefficient (Wildman–Crippen LogP) is 3.71. The molecule has 2 aromatic rings. The smallest absolute Gasteiger partial charge is 0.231 e. The summed E-state index contributed by atoms with van der Waals surface area (Å²) in [6.07, 6.45) is 4.87. The van der Waals surface area contributed by atoms with Crippen molar-refractivity contribution in [2.45, 2.75) is 25.7 Å². The van der Waals surface area contributed by atoms with E-state index >= 15 is 0 Å². The maximum atomic E-state index is 11.0. The van der Waals surface area contributed by atoms with Gasteiger partial charge in [0.1, 0.15) is 0 Å². The van der Waals surface area contributed by atoms with Gasteiger partial charge in [-0.25, -0.2) is 5.01 Å². The Morgan fingerprint density at radius 3 is 2.78 bits per heavy atom.